The summed E-state index contributed by atoms with van der Waals surface area (Å²) in [6.45, 7) is 0. The lowest BCUT2D eigenvalue weighted by molar-refractivity contribution is 1.17. The van der Waals surface area contributed by atoms with Crippen LogP contribution in [0.5, 0.6) is 0 Å². The first kappa shape index (κ1) is 28.4. The molecule has 272 valence electrons. The zero-order valence-corrected chi connectivity index (χ0v) is 33.0. The van der Waals surface area contributed by atoms with Gasteiger partial charge in [-0.3, -0.25) is 0 Å². The fraction of sp³-hybridized carbons (Fsp3) is 0. The van der Waals surface area contributed by atoms with Crippen LogP contribution in [0.2, 0.25) is 0 Å². The lowest BCUT2D eigenvalue weighted by atomic mass is 10.1. The lowest BCUT2D eigenvalue weighted by Crippen LogP contribution is -2.74. The van der Waals surface area contributed by atoms with Gasteiger partial charge in [0.1, 0.15) is 0 Å². The molecule has 0 aliphatic rings. The molecule has 0 spiro atoms. The minimum Gasteiger partial charge on any atom is -0.309 e. The summed E-state index contributed by atoms with van der Waals surface area (Å²) in [5.41, 5.74) is 6.39. The van der Waals surface area contributed by atoms with Crippen molar-refractivity contribution in [2.75, 3.05) is 0 Å². The van der Waals surface area contributed by atoms with Crippen LogP contribution in [0.15, 0.2) is 218 Å². The minimum atomic E-state index is -3.63. The molecule has 0 N–H and O–H groups in total. The van der Waals surface area contributed by atoms with Crippen molar-refractivity contribution in [1.29, 1.82) is 0 Å². The number of para-hydroxylation sites is 2. The number of benzene rings is 9. The Labute approximate surface area is 348 Å². The second-order valence-corrected chi connectivity index (χ2v) is 19.7. The highest BCUT2D eigenvalue weighted by Crippen LogP contribution is 2.39. The summed E-state index contributed by atoms with van der Waals surface area (Å²) in [6, 6.07) is 64.5. The van der Waals surface area contributed by atoms with Crippen LogP contribution in [0.1, 0.15) is 6.85 Å². The molecule has 0 atom stereocenters. The van der Waals surface area contributed by atoms with E-state index in [1.807, 2.05) is 47.7 Å². The Balaban J connectivity index is 1.15. The zero-order chi connectivity index (χ0) is 42.6. The Morgan fingerprint density at radius 3 is 1.57 bits per heavy atom. The number of hydrogen-bond acceptors (Lipinski definition) is 1. The van der Waals surface area contributed by atoms with Gasteiger partial charge < -0.3 is 9.13 Å². The molecule has 0 saturated carbocycles. The van der Waals surface area contributed by atoms with Gasteiger partial charge in [-0.05, 0) is 81.4 Å². The Morgan fingerprint density at radius 2 is 0.862 bits per heavy atom. The highest BCUT2D eigenvalue weighted by molar-refractivity contribution is 7.25. The molecule has 2 nitrogen and oxygen atoms in total. The molecule has 3 aromatic heterocycles. The summed E-state index contributed by atoms with van der Waals surface area (Å²) in [5, 5.41) is 10.1. The molecule has 0 unspecified atom stereocenters. The third-order valence-electron chi connectivity index (χ3n) is 11.9. The van der Waals surface area contributed by atoms with Gasteiger partial charge in [0.05, 0.1) is 28.9 Å². The van der Waals surface area contributed by atoms with Gasteiger partial charge in [0.2, 0.25) is 0 Å². The third-order valence-corrected chi connectivity index (χ3v) is 17.7. The van der Waals surface area contributed by atoms with Gasteiger partial charge >= 0.3 is 0 Å². The average Bonchev–Trinajstić information content (AvgIpc) is 3.99. The molecule has 9 aromatic carbocycles. The molecule has 0 saturated heterocycles. The number of rotatable bonds is 6. The molecule has 0 fully saturated rings. The molecule has 0 aliphatic heterocycles. The number of aromatic nitrogens is 2. The van der Waals surface area contributed by atoms with Gasteiger partial charge in [0.15, 0.2) is 8.07 Å². The van der Waals surface area contributed by atoms with Crippen LogP contribution in [0.3, 0.4) is 0 Å². The fourth-order valence-corrected chi connectivity index (χ4v) is 15.0. The van der Waals surface area contributed by atoms with Crippen molar-refractivity contribution in [3.63, 3.8) is 0 Å². The molecule has 4 heteroatoms. The molecule has 3 heterocycles. The number of thiophene rings is 1. The first-order chi connectivity index (χ1) is 30.8. The van der Waals surface area contributed by atoms with Crippen molar-refractivity contribution in [2.45, 2.75) is 0 Å². The molecule has 0 aliphatic carbocycles. The van der Waals surface area contributed by atoms with Crippen LogP contribution < -0.4 is 20.7 Å². The predicted octanol–water partition coefficient (Wildman–Crippen LogP) is 11.6. The summed E-state index contributed by atoms with van der Waals surface area (Å²) >= 11 is 1.83. The van der Waals surface area contributed by atoms with Crippen molar-refractivity contribution in [3.05, 3.63) is 218 Å². The van der Waals surface area contributed by atoms with Crippen LogP contribution in [0.4, 0.5) is 0 Å². The Bertz CT molecular complexity index is 3750. The van der Waals surface area contributed by atoms with Crippen LogP contribution in [0, 0.1) is 0 Å². The van der Waals surface area contributed by atoms with Crippen molar-refractivity contribution >= 4 is 104 Å². The van der Waals surface area contributed by atoms with Crippen molar-refractivity contribution in [2.24, 2.45) is 0 Å². The van der Waals surface area contributed by atoms with Crippen LogP contribution >= 0.6 is 11.3 Å². The molecule has 0 amide bonds. The van der Waals surface area contributed by atoms with E-state index in [1.54, 1.807) is 0 Å². The van der Waals surface area contributed by atoms with E-state index < -0.39 is 14.1 Å². The zero-order valence-electron chi connectivity index (χ0n) is 36.2. The third kappa shape index (κ3) is 4.83. The van der Waals surface area contributed by atoms with E-state index in [0.29, 0.717) is 5.19 Å². The van der Waals surface area contributed by atoms with Gasteiger partial charge in [-0.25, -0.2) is 0 Å². The molecule has 12 rings (SSSR count). The monoisotopic (exact) mass is 777 g/mol. The molecule has 12 aromatic rings. The lowest BCUT2D eigenvalue weighted by Gasteiger charge is -2.34. The van der Waals surface area contributed by atoms with Gasteiger partial charge in [0.25, 0.3) is 0 Å². The van der Waals surface area contributed by atoms with Crippen LogP contribution in [0.25, 0.3) is 75.2 Å². The minimum absolute atomic E-state index is 0.172. The quantitative estimate of drug-likeness (QED) is 0.118. The van der Waals surface area contributed by atoms with E-state index in [1.165, 1.54) is 20.2 Å². The van der Waals surface area contributed by atoms with Crippen molar-refractivity contribution < 1.29 is 6.85 Å². The largest absolute Gasteiger partial charge is 0.309 e. The topological polar surface area (TPSA) is 9.86 Å². The standard InChI is InChI=1S/C54H36N2SSi/c1-4-16-39(17-5-1)58(40-18-6-2-7-19-40,41-20-8-3-9-21-41)42-30-31-45-43-22-10-13-25-49(43)56(52(45)36-42)37-28-32-51-47(34-37)44-23-11-14-26-50(44)55(51)38-29-33-54-48(35-38)46-24-12-15-27-53(46)57-54/h1-36H/i1D,4D,5D,16D,17D. The summed E-state index contributed by atoms with van der Waals surface area (Å²) in [4.78, 5) is 0. The van der Waals surface area contributed by atoms with E-state index in [9.17, 15) is 2.74 Å². The fourth-order valence-electron chi connectivity index (χ4n) is 9.46. The normalized spacial score (nSPS) is 13.3. The van der Waals surface area contributed by atoms with Crippen molar-refractivity contribution in [3.8, 4) is 11.4 Å². The van der Waals surface area contributed by atoms with Gasteiger partial charge in [-0.15, -0.1) is 11.3 Å². The first-order valence-electron chi connectivity index (χ1n) is 22.0. The molecular weight excluding hydrogens is 737 g/mol. The van der Waals surface area contributed by atoms with Gasteiger partial charge in [-0.2, -0.15) is 0 Å². The molecular formula is C54H36N2SSi. The first-order valence-corrected chi connectivity index (χ1v) is 22.3. The Kier molecular flexibility index (Phi) is 6.39. The Hall–Kier alpha value is -6.98. The maximum absolute atomic E-state index is 9.50. The maximum atomic E-state index is 9.50. The van der Waals surface area contributed by atoms with Gasteiger partial charge in [-0.1, -0.05) is 158 Å². The van der Waals surface area contributed by atoms with E-state index in [2.05, 4.69) is 161 Å². The number of nitrogens with zero attached hydrogens (tertiary/aromatic N) is 2. The second-order valence-electron chi connectivity index (χ2n) is 14.9. The van der Waals surface area contributed by atoms with Gasteiger partial charge in [0, 0.05) is 53.1 Å². The highest BCUT2D eigenvalue weighted by atomic mass is 32.1. The SMILES string of the molecule is [2H]c1c([2H])c([2H])c([Si](c2ccccc2)(c2ccccc2)c2ccc3c4ccccc4n(-c4ccc5c(c4)c4ccccc4n5-c4ccc5sc6ccccc6c5c4)c3c2)c([2H])c1[2H]. The van der Waals surface area contributed by atoms with Crippen LogP contribution in [-0.4, -0.2) is 17.2 Å². The van der Waals surface area contributed by atoms with Crippen molar-refractivity contribution in [1.82, 2.24) is 9.13 Å². The summed E-state index contributed by atoms with van der Waals surface area (Å²) < 4.78 is 52.6. The molecule has 58 heavy (non-hydrogen) atoms. The van der Waals surface area contributed by atoms with E-state index in [-0.39, 0.29) is 24.2 Å². The number of fused-ring (bicyclic) bond motifs is 9. The number of hydrogen-bond donors (Lipinski definition) is 0. The van der Waals surface area contributed by atoms with Crippen LogP contribution in [-0.2, 0) is 0 Å². The Morgan fingerprint density at radius 1 is 0.345 bits per heavy atom. The van der Waals surface area contributed by atoms with E-state index in [4.69, 9.17) is 4.11 Å². The summed E-state index contributed by atoms with van der Waals surface area (Å²) in [5.74, 6) is 0. The maximum Gasteiger partial charge on any atom is 0.179 e. The predicted molar refractivity (Wildman–Crippen MR) is 252 cm³/mol. The van der Waals surface area contributed by atoms with E-state index in [0.717, 1.165) is 70.5 Å². The molecule has 0 bridgehead atoms. The van der Waals surface area contributed by atoms with E-state index >= 15 is 0 Å². The summed E-state index contributed by atoms with van der Waals surface area (Å²) in [7, 11) is -3.63. The highest BCUT2D eigenvalue weighted by Gasteiger charge is 2.41. The second kappa shape index (κ2) is 13.0. The average molecular weight is 778 g/mol. The smallest absolute Gasteiger partial charge is 0.179 e. The summed E-state index contributed by atoms with van der Waals surface area (Å²) in [6.07, 6.45) is 0. The molecule has 0 radical (unpaired) electrons.